The van der Waals surface area contributed by atoms with Gasteiger partial charge in [0.15, 0.2) is 0 Å². The number of carbonyl (C=O) groups is 1. The average molecular weight is 325 g/mol. The number of hydrogen-bond acceptors (Lipinski definition) is 2. The second-order valence-corrected chi connectivity index (χ2v) is 6.09. The molecule has 1 N–H and O–H groups in total. The van der Waals surface area contributed by atoms with Crippen molar-refractivity contribution in [3.63, 3.8) is 0 Å². The summed E-state index contributed by atoms with van der Waals surface area (Å²) in [5.41, 5.74) is 1.16. The SMILES string of the molecule is CN(Cc1ccc(Br)cc1)C(=O)C1CCCCCN1. The van der Waals surface area contributed by atoms with Crippen LogP contribution in [0.5, 0.6) is 0 Å². The van der Waals surface area contributed by atoms with Gasteiger partial charge >= 0.3 is 0 Å². The van der Waals surface area contributed by atoms with Crippen molar-refractivity contribution in [2.75, 3.05) is 13.6 Å². The molecular weight excluding hydrogens is 304 g/mol. The van der Waals surface area contributed by atoms with E-state index < -0.39 is 0 Å². The molecule has 3 nitrogen and oxygen atoms in total. The van der Waals surface area contributed by atoms with Crippen LogP contribution in [0.3, 0.4) is 0 Å². The first-order valence-corrected chi connectivity index (χ1v) is 7.69. The van der Waals surface area contributed by atoms with Crippen LogP contribution in [-0.4, -0.2) is 30.4 Å². The molecule has 1 aliphatic heterocycles. The normalized spacial score (nSPS) is 19.8. The number of amides is 1. The van der Waals surface area contributed by atoms with Gasteiger partial charge in [-0.05, 0) is 37.1 Å². The van der Waals surface area contributed by atoms with E-state index in [1.807, 2.05) is 36.2 Å². The summed E-state index contributed by atoms with van der Waals surface area (Å²) in [5.74, 6) is 0.213. The molecule has 4 heteroatoms. The van der Waals surface area contributed by atoms with Gasteiger partial charge in [-0.2, -0.15) is 0 Å². The monoisotopic (exact) mass is 324 g/mol. The summed E-state index contributed by atoms with van der Waals surface area (Å²) in [6.07, 6.45) is 4.52. The van der Waals surface area contributed by atoms with E-state index in [1.165, 1.54) is 12.8 Å². The first-order valence-electron chi connectivity index (χ1n) is 6.89. The predicted octanol–water partition coefficient (Wildman–Crippen LogP) is 2.94. The van der Waals surface area contributed by atoms with Crippen LogP contribution in [0.15, 0.2) is 28.7 Å². The molecule has 2 rings (SSSR count). The van der Waals surface area contributed by atoms with Gasteiger partial charge in [0.25, 0.3) is 0 Å². The number of rotatable bonds is 3. The zero-order chi connectivity index (χ0) is 13.7. The Kier molecular flexibility index (Phi) is 5.40. The van der Waals surface area contributed by atoms with Gasteiger partial charge in [0.1, 0.15) is 0 Å². The van der Waals surface area contributed by atoms with Gasteiger partial charge < -0.3 is 10.2 Å². The summed E-state index contributed by atoms with van der Waals surface area (Å²) < 4.78 is 1.07. The molecule has 0 spiro atoms. The average Bonchev–Trinajstić information content (AvgIpc) is 2.69. The van der Waals surface area contributed by atoms with E-state index in [-0.39, 0.29) is 11.9 Å². The maximum atomic E-state index is 12.4. The minimum atomic E-state index is 0.00273. The number of nitrogens with one attached hydrogen (secondary N) is 1. The van der Waals surface area contributed by atoms with Crippen LogP contribution in [-0.2, 0) is 11.3 Å². The fraction of sp³-hybridized carbons (Fsp3) is 0.533. The van der Waals surface area contributed by atoms with E-state index in [9.17, 15) is 4.79 Å². The lowest BCUT2D eigenvalue weighted by molar-refractivity contribution is -0.132. The molecule has 0 bridgehead atoms. The van der Waals surface area contributed by atoms with Crippen molar-refractivity contribution in [2.45, 2.75) is 38.3 Å². The van der Waals surface area contributed by atoms with Gasteiger partial charge in [-0.1, -0.05) is 40.9 Å². The molecule has 0 radical (unpaired) electrons. The minimum Gasteiger partial charge on any atom is -0.340 e. The summed E-state index contributed by atoms with van der Waals surface area (Å²) in [6, 6.07) is 8.13. The van der Waals surface area contributed by atoms with E-state index in [0.29, 0.717) is 6.54 Å². The van der Waals surface area contributed by atoms with Gasteiger partial charge in [0.2, 0.25) is 5.91 Å². The molecule has 0 aromatic heterocycles. The number of benzene rings is 1. The van der Waals surface area contributed by atoms with Crippen molar-refractivity contribution in [2.24, 2.45) is 0 Å². The number of hydrogen-bond donors (Lipinski definition) is 1. The van der Waals surface area contributed by atoms with Crippen molar-refractivity contribution in [3.8, 4) is 0 Å². The Balaban J connectivity index is 1.92. The standard InChI is InChI=1S/C15H21BrN2O/c1-18(11-12-6-8-13(16)9-7-12)15(19)14-5-3-2-4-10-17-14/h6-9,14,17H,2-5,10-11H2,1H3. The molecule has 19 heavy (non-hydrogen) atoms. The number of halogens is 1. The van der Waals surface area contributed by atoms with Gasteiger partial charge in [-0.15, -0.1) is 0 Å². The number of carbonyl (C=O) groups excluding carboxylic acids is 1. The van der Waals surface area contributed by atoms with Crippen LogP contribution in [0.2, 0.25) is 0 Å². The molecule has 1 aromatic carbocycles. The maximum absolute atomic E-state index is 12.4. The third-order valence-corrected chi connectivity index (χ3v) is 4.10. The van der Waals surface area contributed by atoms with Crippen molar-refractivity contribution in [1.82, 2.24) is 10.2 Å². The number of likely N-dealkylation sites (N-methyl/N-ethyl adjacent to an activating group) is 1. The third kappa shape index (κ3) is 4.32. The summed E-state index contributed by atoms with van der Waals surface area (Å²) in [5, 5.41) is 3.36. The van der Waals surface area contributed by atoms with Crippen molar-refractivity contribution in [3.05, 3.63) is 34.3 Å². The van der Waals surface area contributed by atoms with Gasteiger partial charge in [-0.3, -0.25) is 4.79 Å². The molecular formula is C15H21BrN2O. The lowest BCUT2D eigenvalue weighted by Crippen LogP contribution is -2.44. The molecule has 1 amide bonds. The molecule has 1 heterocycles. The van der Waals surface area contributed by atoms with Crippen LogP contribution in [0.1, 0.15) is 31.2 Å². The molecule has 1 aromatic rings. The molecule has 1 saturated heterocycles. The quantitative estimate of drug-likeness (QED) is 0.927. The first kappa shape index (κ1) is 14.5. The highest BCUT2D eigenvalue weighted by molar-refractivity contribution is 9.10. The van der Waals surface area contributed by atoms with Gasteiger partial charge in [0.05, 0.1) is 6.04 Å². The summed E-state index contributed by atoms with van der Waals surface area (Å²) in [4.78, 5) is 14.2. The van der Waals surface area contributed by atoms with Crippen molar-refractivity contribution in [1.29, 1.82) is 0 Å². The lowest BCUT2D eigenvalue weighted by Gasteiger charge is -2.23. The Morgan fingerprint density at radius 3 is 2.79 bits per heavy atom. The van der Waals surface area contributed by atoms with E-state index in [1.54, 1.807) is 0 Å². The molecule has 1 fully saturated rings. The molecule has 104 valence electrons. The van der Waals surface area contributed by atoms with Gasteiger partial charge in [-0.25, -0.2) is 0 Å². The fourth-order valence-corrected chi connectivity index (χ4v) is 2.71. The summed E-state index contributed by atoms with van der Waals surface area (Å²) in [7, 11) is 1.89. The van der Waals surface area contributed by atoms with E-state index in [2.05, 4.69) is 21.2 Å². The number of nitrogens with zero attached hydrogens (tertiary/aromatic N) is 1. The Morgan fingerprint density at radius 1 is 1.32 bits per heavy atom. The summed E-state index contributed by atoms with van der Waals surface area (Å²) in [6.45, 7) is 1.63. The zero-order valence-electron chi connectivity index (χ0n) is 11.4. The highest BCUT2D eigenvalue weighted by Crippen LogP contribution is 2.14. The largest absolute Gasteiger partial charge is 0.340 e. The first-order chi connectivity index (χ1) is 9.16. The Bertz CT molecular complexity index is 411. The predicted molar refractivity (Wildman–Crippen MR) is 80.9 cm³/mol. The van der Waals surface area contributed by atoms with Crippen LogP contribution in [0.25, 0.3) is 0 Å². The zero-order valence-corrected chi connectivity index (χ0v) is 12.9. The third-order valence-electron chi connectivity index (χ3n) is 3.57. The molecule has 0 aliphatic carbocycles. The van der Waals surface area contributed by atoms with E-state index in [0.717, 1.165) is 29.4 Å². The topological polar surface area (TPSA) is 32.3 Å². The van der Waals surface area contributed by atoms with Crippen LogP contribution >= 0.6 is 15.9 Å². The van der Waals surface area contributed by atoms with Crippen LogP contribution < -0.4 is 5.32 Å². The second kappa shape index (κ2) is 7.06. The fourth-order valence-electron chi connectivity index (χ4n) is 2.45. The summed E-state index contributed by atoms with van der Waals surface area (Å²) >= 11 is 3.42. The Morgan fingerprint density at radius 2 is 2.05 bits per heavy atom. The highest BCUT2D eigenvalue weighted by Gasteiger charge is 2.22. The van der Waals surface area contributed by atoms with Crippen LogP contribution in [0.4, 0.5) is 0 Å². The van der Waals surface area contributed by atoms with Crippen molar-refractivity contribution >= 4 is 21.8 Å². The highest BCUT2D eigenvalue weighted by atomic mass is 79.9. The molecule has 1 aliphatic rings. The molecule has 0 saturated carbocycles. The molecule has 1 unspecified atom stereocenters. The van der Waals surface area contributed by atoms with Crippen LogP contribution in [0, 0.1) is 0 Å². The van der Waals surface area contributed by atoms with Gasteiger partial charge in [0, 0.05) is 18.1 Å². The lowest BCUT2D eigenvalue weighted by atomic mass is 10.1. The minimum absolute atomic E-state index is 0.00273. The van der Waals surface area contributed by atoms with Crippen molar-refractivity contribution < 1.29 is 4.79 Å². The Labute approximate surface area is 123 Å². The van der Waals surface area contributed by atoms with E-state index in [4.69, 9.17) is 0 Å². The smallest absolute Gasteiger partial charge is 0.239 e. The Hall–Kier alpha value is -0.870. The second-order valence-electron chi connectivity index (χ2n) is 5.18. The van der Waals surface area contributed by atoms with E-state index >= 15 is 0 Å². The maximum Gasteiger partial charge on any atom is 0.239 e. The molecule has 1 atom stereocenters.